The van der Waals surface area contributed by atoms with Crippen molar-refractivity contribution in [3.05, 3.63) is 77.2 Å². The van der Waals surface area contributed by atoms with Gasteiger partial charge in [0, 0.05) is 34.4 Å². The lowest BCUT2D eigenvalue weighted by atomic mass is 10.0. The Bertz CT molecular complexity index is 1550. The second-order valence-corrected chi connectivity index (χ2v) is 9.01. The third kappa shape index (κ3) is 3.07. The summed E-state index contributed by atoms with van der Waals surface area (Å²) >= 11 is 3.25. The molecule has 0 fully saturated rings. The molecule has 6 rings (SSSR count). The Morgan fingerprint density at radius 1 is 0.774 bits per heavy atom. The normalized spacial score (nSPS) is 12.8. The van der Waals surface area contributed by atoms with Crippen molar-refractivity contribution < 1.29 is 9.47 Å². The summed E-state index contributed by atoms with van der Waals surface area (Å²) in [6.45, 7) is 2.54. The van der Waals surface area contributed by atoms with Crippen molar-refractivity contribution in [2.75, 3.05) is 6.61 Å². The second kappa shape index (κ2) is 7.57. The predicted molar refractivity (Wildman–Crippen MR) is 129 cm³/mol. The van der Waals surface area contributed by atoms with E-state index in [1.807, 2.05) is 42.2 Å². The van der Waals surface area contributed by atoms with Gasteiger partial charge in [-0.05, 0) is 18.4 Å². The Kier molecular flexibility index (Phi) is 4.56. The third-order valence-corrected chi connectivity index (χ3v) is 7.04. The van der Waals surface area contributed by atoms with Crippen molar-refractivity contribution >= 4 is 64.7 Å². The van der Waals surface area contributed by atoms with Gasteiger partial charge >= 0.3 is 0 Å². The molecule has 0 radical (unpaired) electrons. The van der Waals surface area contributed by atoms with Crippen LogP contribution in [-0.4, -0.2) is 16.6 Å². The molecule has 152 valence electrons. The van der Waals surface area contributed by atoms with Crippen LogP contribution >= 0.6 is 22.7 Å². The van der Waals surface area contributed by atoms with Gasteiger partial charge in [-0.2, -0.15) is 0 Å². The van der Waals surface area contributed by atoms with Crippen molar-refractivity contribution in [3.63, 3.8) is 0 Å². The minimum Gasteiger partial charge on any atom is -0.460 e. The molecular weight excluding hydrogens is 424 g/mol. The Hall–Kier alpha value is -3.06. The van der Waals surface area contributed by atoms with Crippen molar-refractivity contribution in [1.82, 2.24) is 9.97 Å². The molecule has 0 aliphatic carbocycles. The summed E-state index contributed by atoms with van der Waals surface area (Å²) in [4.78, 5) is 9.13. The summed E-state index contributed by atoms with van der Waals surface area (Å²) in [5, 5.41) is 4.35. The van der Waals surface area contributed by atoms with Crippen molar-refractivity contribution in [3.8, 4) is 5.75 Å². The highest BCUT2D eigenvalue weighted by Gasteiger charge is 2.21. The summed E-state index contributed by atoms with van der Waals surface area (Å²) in [5.41, 5.74) is 6.82. The third-order valence-electron chi connectivity index (χ3n) is 5.49. The van der Waals surface area contributed by atoms with E-state index in [1.165, 1.54) is 0 Å². The number of hydrogen-bond donors (Lipinski definition) is 0. The minimum absolute atomic E-state index is 0.532. The van der Waals surface area contributed by atoms with Gasteiger partial charge in [-0.1, -0.05) is 48.5 Å². The van der Waals surface area contributed by atoms with Crippen molar-refractivity contribution in [2.24, 2.45) is 0 Å². The molecule has 0 amide bonds. The SMILES string of the molecule is CCOC(Oc1cc2scnc2c2ccccc12)c1cc2scnc2c2ccccc12. The monoisotopic (exact) mass is 442 g/mol. The molecule has 31 heavy (non-hydrogen) atoms. The number of ether oxygens (including phenoxy) is 2. The zero-order valence-electron chi connectivity index (χ0n) is 16.7. The maximum absolute atomic E-state index is 6.61. The number of fused-ring (bicyclic) bond motifs is 6. The van der Waals surface area contributed by atoms with Gasteiger partial charge in [0.2, 0.25) is 6.29 Å². The standard InChI is InChI=1S/C25H18N2O2S2/c1-2-28-25(19-11-21-23(26-13-30-21)17-9-5-3-7-15(17)19)29-20-12-22-24(27-14-31-22)18-10-6-4-8-16(18)20/h3-14,25H,2H2,1H3. The van der Waals surface area contributed by atoms with Crippen LogP contribution in [0.4, 0.5) is 0 Å². The van der Waals surface area contributed by atoms with Gasteiger partial charge in [-0.25, -0.2) is 9.97 Å². The molecule has 4 aromatic carbocycles. The molecule has 4 nitrogen and oxygen atoms in total. The number of hydrogen-bond acceptors (Lipinski definition) is 6. The second-order valence-electron chi connectivity index (χ2n) is 7.23. The molecule has 0 N–H and O–H groups in total. The van der Waals surface area contributed by atoms with Gasteiger partial charge in [0.25, 0.3) is 0 Å². The zero-order valence-corrected chi connectivity index (χ0v) is 18.4. The van der Waals surface area contributed by atoms with Gasteiger partial charge in [-0.15, -0.1) is 22.7 Å². The molecule has 0 aliphatic heterocycles. The molecule has 0 aliphatic rings. The number of thiazole rings is 2. The first-order valence-electron chi connectivity index (χ1n) is 10.1. The molecule has 1 atom stereocenters. The van der Waals surface area contributed by atoms with Gasteiger partial charge in [-0.3, -0.25) is 0 Å². The Labute approximate surface area is 186 Å². The van der Waals surface area contributed by atoms with E-state index in [0.29, 0.717) is 6.61 Å². The molecule has 0 bridgehead atoms. The lowest BCUT2D eigenvalue weighted by Gasteiger charge is -2.22. The van der Waals surface area contributed by atoms with Crippen LogP contribution in [0.15, 0.2) is 71.7 Å². The van der Waals surface area contributed by atoms with Crippen LogP contribution in [0.3, 0.4) is 0 Å². The Balaban J connectivity index is 1.55. The number of rotatable bonds is 5. The van der Waals surface area contributed by atoms with Crippen LogP contribution in [0, 0.1) is 0 Å². The Morgan fingerprint density at radius 2 is 1.35 bits per heavy atom. The summed E-state index contributed by atoms with van der Waals surface area (Å²) in [7, 11) is 0. The summed E-state index contributed by atoms with van der Waals surface area (Å²) in [5.74, 6) is 0.805. The molecule has 2 aromatic heterocycles. The molecule has 6 heteroatoms. The Morgan fingerprint density at radius 3 is 2.03 bits per heavy atom. The van der Waals surface area contributed by atoms with E-state index >= 15 is 0 Å². The zero-order chi connectivity index (χ0) is 20.8. The number of benzene rings is 4. The van der Waals surface area contributed by atoms with E-state index < -0.39 is 6.29 Å². The molecule has 0 spiro atoms. The summed E-state index contributed by atoms with van der Waals surface area (Å²) < 4.78 is 15.0. The first-order valence-corrected chi connectivity index (χ1v) is 11.9. The minimum atomic E-state index is -0.532. The fraction of sp³-hybridized carbons (Fsp3) is 0.120. The summed E-state index contributed by atoms with van der Waals surface area (Å²) in [6.07, 6.45) is -0.532. The topological polar surface area (TPSA) is 44.2 Å². The molecule has 6 aromatic rings. The van der Waals surface area contributed by atoms with Crippen LogP contribution in [0.5, 0.6) is 5.75 Å². The van der Waals surface area contributed by atoms with Gasteiger partial charge in [0.05, 0.1) is 31.5 Å². The van der Waals surface area contributed by atoms with E-state index in [2.05, 4.69) is 46.4 Å². The quantitative estimate of drug-likeness (QED) is 0.262. The fourth-order valence-corrected chi connectivity index (χ4v) is 5.59. The van der Waals surface area contributed by atoms with E-state index in [1.54, 1.807) is 22.7 Å². The summed E-state index contributed by atoms with van der Waals surface area (Å²) in [6, 6.07) is 20.8. The number of aromatic nitrogens is 2. The lowest BCUT2D eigenvalue weighted by molar-refractivity contribution is -0.0767. The first kappa shape index (κ1) is 18.7. The van der Waals surface area contributed by atoms with Crippen LogP contribution in [0.2, 0.25) is 0 Å². The van der Waals surface area contributed by atoms with Crippen molar-refractivity contribution in [1.29, 1.82) is 0 Å². The first-order chi connectivity index (χ1) is 15.3. The highest BCUT2D eigenvalue weighted by molar-refractivity contribution is 7.17. The van der Waals surface area contributed by atoms with E-state index in [0.717, 1.165) is 53.3 Å². The van der Waals surface area contributed by atoms with E-state index in [9.17, 15) is 0 Å². The van der Waals surface area contributed by atoms with Crippen LogP contribution < -0.4 is 4.74 Å². The highest BCUT2D eigenvalue weighted by atomic mass is 32.1. The lowest BCUT2D eigenvalue weighted by Crippen LogP contribution is -2.13. The van der Waals surface area contributed by atoms with Crippen LogP contribution in [-0.2, 0) is 4.74 Å². The average molecular weight is 443 g/mol. The van der Waals surface area contributed by atoms with E-state index in [-0.39, 0.29) is 0 Å². The molecule has 2 heterocycles. The maximum Gasteiger partial charge on any atom is 0.227 e. The highest BCUT2D eigenvalue weighted by Crippen LogP contribution is 2.39. The van der Waals surface area contributed by atoms with Gasteiger partial charge in [0.1, 0.15) is 5.75 Å². The predicted octanol–water partition coefficient (Wildman–Crippen LogP) is 7.33. The molecule has 0 saturated heterocycles. The largest absolute Gasteiger partial charge is 0.460 e. The molecule has 1 unspecified atom stereocenters. The molecular formula is C25H18N2O2S2. The van der Waals surface area contributed by atoms with Crippen LogP contribution in [0.1, 0.15) is 18.8 Å². The van der Waals surface area contributed by atoms with Crippen LogP contribution in [0.25, 0.3) is 42.0 Å². The van der Waals surface area contributed by atoms with Gasteiger partial charge in [0.15, 0.2) is 0 Å². The smallest absolute Gasteiger partial charge is 0.227 e. The molecule has 0 saturated carbocycles. The van der Waals surface area contributed by atoms with Crippen molar-refractivity contribution in [2.45, 2.75) is 13.2 Å². The maximum atomic E-state index is 6.61. The van der Waals surface area contributed by atoms with E-state index in [4.69, 9.17) is 9.47 Å². The number of nitrogens with zero attached hydrogens (tertiary/aromatic N) is 2. The van der Waals surface area contributed by atoms with Gasteiger partial charge < -0.3 is 9.47 Å². The fourth-order valence-electron chi connectivity index (χ4n) is 4.13. The average Bonchev–Trinajstić information content (AvgIpc) is 3.48.